The fourth-order valence-electron chi connectivity index (χ4n) is 1.93. The molecular weight excluding hydrogens is 242 g/mol. The minimum absolute atomic E-state index is 0.418. The van der Waals surface area contributed by atoms with Crippen LogP contribution in [-0.2, 0) is 0 Å². The lowest BCUT2D eigenvalue weighted by molar-refractivity contribution is 0.361. The van der Waals surface area contributed by atoms with E-state index in [-0.39, 0.29) is 0 Å². The van der Waals surface area contributed by atoms with Gasteiger partial charge < -0.3 is 15.0 Å². The molecule has 2 heterocycles. The third-order valence-corrected chi connectivity index (χ3v) is 2.81. The molecule has 0 amide bonds. The zero-order valence-electron chi connectivity index (χ0n) is 10.3. The lowest BCUT2D eigenvalue weighted by Crippen LogP contribution is -2.20. The van der Waals surface area contributed by atoms with Crippen LogP contribution in [0.5, 0.6) is 5.75 Å². The van der Waals surface area contributed by atoms with E-state index in [2.05, 4.69) is 32.3 Å². The molecule has 0 unspecified atom stereocenters. The molecule has 0 saturated carbocycles. The molecule has 3 rings (SSSR count). The molecule has 1 aliphatic rings. The molecule has 1 aliphatic heterocycles. The minimum atomic E-state index is 0.418. The van der Waals surface area contributed by atoms with Crippen molar-refractivity contribution in [2.45, 2.75) is 0 Å². The number of benzene rings is 1. The highest BCUT2D eigenvalue weighted by Gasteiger charge is 2.16. The number of rotatable bonds is 4. The molecule has 0 saturated heterocycles. The van der Waals surface area contributed by atoms with E-state index in [1.54, 1.807) is 0 Å². The third kappa shape index (κ3) is 2.37. The summed E-state index contributed by atoms with van der Waals surface area (Å²) >= 11 is 0. The van der Waals surface area contributed by atoms with Gasteiger partial charge in [0.1, 0.15) is 12.1 Å². The van der Waals surface area contributed by atoms with Gasteiger partial charge in [-0.2, -0.15) is 5.10 Å². The predicted octanol–water partition coefficient (Wildman–Crippen LogP) is 1.38. The average Bonchev–Trinajstić information content (AvgIpc) is 3.11. The standard InChI is InChI=1S/C13H14N5O/c1-2-19-11-5-3-4-10(6-11)18-7-12(15-9-18)13-14-8-16-17-13/h3-8,15H,1-2,9H2,(H,14,16,17). The molecule has 1 aromatic carbocycles. The number of nitrogens with one attached hydrogen (secondary N) is 2. The summed E-state index contributed by atoms with van der Waals surface area (Å²) in [6.07, 6.45) is 3.48. The van der Waals surface area contributed by atoms with Crippen LogP contribution in [0.1, 0.15) is 5.82 Å². The SMILES string of the molecule is [CH2]COc1cccc(N2C=C(c3ncn[nH]3)NC2)c1. The molecule has 1 aromatic heterocycles. The number of aromatic amines is 1. The number of anilines is 1. The van der Waals surface area contributed by atoms with Gasteiger partial charge in [0.05, 0.1) is 19.0 Å². The molecule has 2 aromatic rings. The van der Waals surface area contributed by atoms with Crippen molar-refractivity contribution in [3.8, 4) is 5.75 Å². The lowest BCUT2D eigenvalue weighted by Gasteiger charge is -2.15. The third-order valence-electron chi connectivity index (χ3n) is 2.81. The number of hydrogen-bond acceptors (Lipinski definition) is 5. The molecule has 97 valence electrons. The first-order chi connectivity index (χ1) is 9.36. The molecule has 1 radical (unpaired) electrons. The van der Waals surface area contributed by atoms with Crippen molar-refractivity contribution in [2.75, 3.05) is 18.2 Å². The van der Waals surface area contributed by atoms with E-state index in [4.69, 9.17) is 4.74 Å². The Kier molecular flexibility index (Phi) is 3.06. The van der Waals surface area contributed by atoms with Crippen molar-refractivity contribution in [3.63, 3.8) is 0 Å². The Morgan fingerprint density at radius 2 is 2.37 bits per heavy atom. The van der Waals surface area contributed by atoms with Crippen molar-refractivity contribution in [1.82, 2.24) is 20.5 Å². The Balaban J connectivity index is 1.82. The fraction of sp³-hybridized carbons (Fsp3) is 0.154. The van der Waals surface area contributed by atoms with Gasteiger partial charge >= 0.3 is 0 Å². The van der Waals surface area contributed by atoms with E-state index in [0.717, 1.165) is 23.0 Å². The van der Waals surface area contributed by atoms with Crippen LogP contribution in [-0.4, -0.2) is 28.5 Å². The molecule has 0 fully saturated rings. The van der Waals surface area contributed by atoms with Crippen LogP contribution in [0, 0.1) is 6.92 Å². The zero-order valence-corrected chi connectivity index (χ0v) is 10.3. The van der Waals surface area contributed by atoms with Gasteiger partial charge in [-0.1, -0.05) is 6.07 Å². The van der Waals surface area contributed by atoms with E-state index >= 15 is 0 Å². The molecular formula is C13H14N5O. The normalized spacial score (nSPS) is 14.2. The molecule has 19 heavy (non-hydrogen) atoms. The van der Waals surface area contributed by atoms with E-state index in [1.807, 2.05) is 30.5 Å². The van der Waals surface area contributed by atoms with Crippen LogP contribution in [0.15, 0.2) is 36.8 Å². The van der Waals surface area contributed by atoms with Crippen LogP contribution >= 0.6 is 0 Å². The maximum Gasteiger partial charge on any atom is 0.173 e. The molecule has 0 aliphatic carbocycles. The Hall–Kier alpha value is -2.50. The smallest absolute Gasteiger partial charge is 0.173 e. The molecule has 6 nitrogen and oxygen atoms in total. The number of ether oxygens (including phenoxy) is 1. The van der Waals surface area contributed by atoms with Crippen molar-refractivity contribution >= 4 is 11.4 Å². The van der Waals surface area contributed by atoms with Crippen molar-refractivity contribution in [3.05, 3.63) is 49.5 Å². The summed E-state index contributed by atoms with van der Waals surface area (Å²) in [5, 5.41) is 9.93. The Bertz CT molecular complexity index is 578. The largest absolute Gasteiger partial charge is 0.494 e. The van der Waals surface area contributed by atoms with Gasteiger partial charge in [-0.3, -0.25) is 5.10 Å². The van der Waals surface area contributed by atoms with Crippen molar-refractivity contribution in [1.29, 1.82) is 0 Å². The van der Waals surface area contributed by atoms with Crippen LogP contribution in [0.25, 0.3) is 5.70 Å². The Morgan fingerprint density at radius 1 is 1.42 bits per heavy atom. The van der Waals surface area contributed by atoms with Gasteiger partial charge in [0.2, 0.25) is 0 Å². The molecule has 0 atom stereocenters. The number of hydrogen-bond donors (Lipinski definition) is 2. The second-order valence-electron chi connectivity index (χ2n) is 4.03. The summed E-state index contributed by atoms with van der Waals surface area (Å²) in [4.78, 5) is 6.19. The van der Waals surface area contributed by atoms with Gasteiger partial charge in [-0.15, -0.1) is 0 Å². The highest BCUT2D eigenvalue weighted by Crippen LogP contribution is 2.24. The van der Waals surface area contributed by atoms with Crippen LogP contribution in [0.3, 0.4) is 0 Å². The summed E-state index contributed by atoms with van der Waals surface area (Å²) in [5.74, 6) is 1.54. The van der Waals surface area contributed by atoms with Gasteiger partial charge in [0, 0.05) is 18.0 Å². The molecule has 0 bridgehead atoms. The van der Waals surface area contributed by atoms with E-state index in [9.17, 15) is 0 Å². The van der Waals surface area contributed by atoms with Crippen LogP contribution in [0.4, 0.5) is 5.69 Å². The first kappa shape index (κ1) is 11.6. The van der Waals surface area contributed by atoms with Crippen LogP contribution < -0.4 is 15.0 Å². The summed E-state index contributed by atoms with van der Waals surface area (Å²) in [7, 11) is 0. The van der Waals surface area contributed by atoms with Crippen molar-refractivity contribution < 1.29 is 4.74 Å². The van der Waals surface area contributed by atoms with Gasteiger partial charge in [0.15, 0.2) is 5.82 Å². The van der Waals surface area contributed by atoms with E-state index < -0.39 is 0 Å². The summed E-state index contributed by atoms with van der Waals surface area (Å²) < 4.78 is 5.40. The topological polar surface area (TPSA) is 66.1 Å². The molecule has 0 spiro atoms. The summed E-state index contributed by atoms with van der Waals surface area (Å²) in [5.41, 5.74) is 1.97. The van der Waals surface area contributed by atoms with Crippen LogP contribution in [0.2, 0.25) is 0 Å². The van der Waals surface area contributed by atoms with E-state index in [0.29, 0.717) is 13.3 Å². The van der Waals surface area contributed by atoms with E-state index in [1.165, 1.54) is 6.33 Å². The Morgan fingerprint density at radius 3 is 3.16 bits per heavy atom. The monoisotopic (exact) mass is 256 g/mol. The van der Waals surface area contributed by atoms with Gasteiger partial charge in [-0.25, -0.2) is 4.98 Å². The van der Waals surface area contributed by atoms with Gasteiger partial charge in [-0.05, 0) is 19.1 Å². The first-order valence-corrected chi connectivity index (χ1v) is 5.97. The molecule has 6 heteroatoms. The first-order valence-electron chi connectivity index (χ1n) is 5.97. The summed E-state index contributed by atoms with van der Waals surface area (Å²) in [6.45, 7) is 4.78. The lowest BCUT2D eigenvalue weighted by atomic mass is 10.3. The highest BCUT2D eigenvalue weighted by molar-refractivity contribution is 5.67. The Labute approximate surface area is 111 Å². The van der Waals surface area contributed by atoms with Gasteiger partial charge in [0.25, 0.3) is 0 Å². The zero-order chi connectivity index (χ0) is 13.1. The second kappa shape index (κ2) is 5.01. The maximum atomic E-state index is 5.40. The molecule has 2 N–H and O–H groups in total. The van der Waals surface area contributed by atoms with Crippen molar-refractivity contribution in [2.24, 2.45) is 0 Å². The predicted molar refractivity (Wildman–Crippen MR) is 72.1 cm³/mol. The highest BCUT2D eigenvalue weighted by atomic mass is 16.5. The second-order valence-corrected chi connectivity index (χ2v) is 4.03. The fourth-order valence-corrected chi connectivity index (χ4v) is 1.93. The minimum Gasteiger partial charge on any atom is -0.494 e. The maximum absolute atomic E-state index is 5.40. The average molecular weight is 256 g/mol. The summed E-state index contributed by atoms with van der Waals surface area (Å²) in [6, 6.07) is 7.88. The number of H-pyrrole nitrogens is 1. The number of aromatic nitrogens is 3. The quantitative estimate of drug-likeness (QED) is 0.865. The number of nitrogens with zero attached hydrogens (tertiary/aromatic N) is 3.